The van der Waals surface area contributed by atoms with Crippen LogP contribution in [0.3, 0.4) is 0 Å². The van der Waals surface area contributed by atoms with Crippen LogP contribution in [0.2, 0.25) is 0 Å². The molecule has 4 nitrogen and oxygen atoms in total. The number of aliphatic hydroxyl groups is 1. The highest BCUT2D eigenvalue weighted by molar-refractivity contribution is 4.86. The molecule has 4 heteroatoms. The SMILES string of the molecule is CN(CC(C)(C)CNC(C)(C)C)CC1(O)CCOCC1. The van der Waals surface area contributed by atoms with Crippen LogP contribution < -0.4 is 5.32 Å². The highest BCUT2D eigenvalue weighted by Gasteiger charge is 2.32. The number of hydrogen-bond acceptors (Lipinski definition) is 4. The maximum atomic E-state index is 10.6. The molecule has 0 bridgehead atoms. The fourth-order valence-corrected chi connectivity index (χ4v) is 2.76. The van der Waals surface area contributed by atoms with E-state index in [1.165, 1.54) is 0 Å². The molecular formula is C16H34N2O2. The average Bonchev–Trinajstić information content (AvgIpc) is 2.25. The van der Waals surface area contributed by atoms with Crippen LogP contribution in [0.25, 0.3) is 0 Å². The molecule has 0 amide bonds. The van der Waals surface area contributed by atoms with Crippen LogP contribution in [0.15, 0.2) is 0 Å². The molecule has 0 aromatic carbocycles. The van der Waals surface area contributed by atoms with Crippen molar-refractivity contribution in [2.24, 2.45) is 5.41 Å². The first-order chi connectivity index (χ1) is 9.02. The van der Waals surface area contributed by atoms with E-state index in [0.29, 0.717) is 13.2 Å². The van der Waals surface area contributed by atoms with E-state index in [0.717, 1.165) is 32.5 Å². The molecule has 1 rings (SSSR count). The van der Waals surface area contributed by atoms with Crippen molar-refractivity contribution in [1.82, 2.24) is 10.2 Å². The van der Waals surface area contributed by atoms with Gasteiger partial charge in [0, 0.05) is 51.2 Å². The molecule has 0 spiro atoms. The highest BCUT2D eigenvalue weighted by Crippen LogP contribution is 2.23. The minimum absolute atomic E-state index is 0.148. The van der Waals surface area contributed by atoms with Crippen molar-refractivity contribution in [1.29, 1.82) is 0 Å². The van der Waals surface area contributed by atoms with E-state index >= 15 is 0 Å². The molecule has 1 fully saturated rings. The molecule has 1 aliphatic heterocycles. The van der Waals surface area contributed by atoms with Crippen molar-refractivity contribution < 1.29 is 9.84 Å². The molecule has 0 aromatic heterocycles. The summed E-state index contributed by atoms with van der Waals surface area (Å²) in [6.07, 6.45) is 1.50. The number of nitrogens with zero attached hydrogens (tertiary/aromatic N) is 1. The molecule has 0 radical (unpaired) electrons. The van der Waals surface area contributed by atoms with Gasteiger partial charge in [0.2, 0.25) is 0 Å². The molecule has 2 N–H and O–H groups in total. The summed E-state index contributed by atoms with van der Waals surface area (Å²) in [5.74, 6) is 0. The van der Waals surface area contributed by atoms with Gasteiger partial charge in [0.25, 0.3) is 0 Å². The predicted molar refractivity (Wildman–Crippen MR) is 84.0 cm³/mol. The number of likely N-dealkylation sites (N-methyl/N-ethyl adjacent to an activating group) is 1. The van der Waals surface area contributed by atoms with Gasteiger partial charge in [-0.05, 0) is 33.2 Å². The van der Waals surface area contributed by atoms with E-state index in [1.807, 2.05) is 0 Å². The first-order valence-electron chi connectivity index (χ1n) is 7.75. The monoisotopic (exact) mass is 286 g/mol. The van der Waals surface area contributed by atoms with Gasteiger partial charge < -0.3 is 20.1 Å². The fourth-order valence-electron chi connectivity index (χ4n) is 2.76. The Hall–Kier alpha value is -0.160. The Labute approximate surface area is 124 Å². The Balaban J connectivity index is 2.41. The van der Waals surface area contributed by atoms with E-state index in [1.54, 1.807) is 0 Å². The normalized spacial score (nSPS) is 20.4. The largest absolute Gasteiger partial charge is 0.388 e. The third kappa shape index (κ3) is 7.02. The van der Waals surface area contributed by atoms with Crippen molar-refractivity contribution in [3.05, 3.63) is 0 Å². The molecule has 1 heterocycles. The van der Waals surface area contributed by atoms with Gasteiger partial charge in [0.15, 0.2) is 0 Å². The van der Waals surface area contributed by atoms with Crippen LogP contribution in [-0.2, 0) is 4.74 Å². The van der Waals surface area contributed by atoms with Gasteiger partial charge in [-0.2, -0.15) is 0 Å². The highest BCUT2D eigenvalue weighted by atomic mass is 16.5. The predicted octanol–water partition coefficient (Wildman–Crippen LogP) is 1.87. The second-order valence-corrected chi connectivity index (χ2v) is 8.28. The molecule has 120 valence electrons. The number of nitrogens with one attached hydrogen (secondary N) is 1. The molecule has 1 saturated heterocycles. The van der Waals surface area contributed by atoms with Gasteiger partial charge in [0.05, 0.1) is 5.60 Å². The maximum absolute atomic E-state index is 10.6. The van der Waals surface area contributed by atoms with Gasteiger partial charge in [-0.15, -0.1) is 0 Å². The minimum Gasteiger partial charge on any atom is -0.388 e. The molecule has 0 saturated carbocycles. The molecular weight excluding hydrogens is 252 g/mol. The second kappa shape index (κ2) is 6.73. The van der Waals surface area contributed by atoms with Crippen molar-refractivity contribution in [2.75, 3.05) is 39.9 Å². The average molecular weight is 286 g/mol. The van der Waals surface area contributed by atoms with Crippen molar-refractivity contribution in [3.8, 4) is 0 Å². The Morgan fingerprint density at radius 3 is 2.20 bits per heavy atom. The summed E-state index contributed by atoms with van der Waals surface area (Å²) in [7, 11) is 2.10. The summed E-state index contributed by atoms with van der Waals surface area (Å²) in [4.78, 5) is 2.26. The van der Waals surface area contributed by atoms with Gasteiger partial charge in [0.1, 0.15) is 0 Å². The quantitative estimate of drug-likeness (QED) is 0.782. The summed E-state index contributed by atoms with van der Waals surface area (Å²) in [6, 6.07) is 0. The van der Waals surface area contributed by atoms with E-state index in [4.69, 9.17) is 4.74 Å². The Kier molecular flexibility index (Phi) is 6.02. The summed E-state index contributed by atoms with van der Waals surface area (Å²) in [5.41, 5.74) is -0.237. The smallest absolute Gasteiger partial charge is 0.0817 e. The Morgan fingerprint density at radius 2 is 1.70 bits per heavy atom. The van der Waals surface area contributed by atoms with E-state index in [-0.39, 0.29) is 11.0 Å². The number of hydrogen-bond donors (Lipinski definition) is 2. The summed E-state index contributed by atoms with van der Waals surface area (Å²) in [6.45, 7) is 15.2. The van der Waals surface area contributed by atoms with E-state index in [9.17, 15) is 5.11 Å². The molecule has 0 unspecified atom stereocenters. The van der Waals surface area contributed by atoms with E-state index in [2.05, 4.69) is 51.9 Å². The second-order valence-electron chi connectivity index (χ2n) is 8.28. The first kappa shape index (κ1) is 17.9. The topological polar surface area (TPSA) is 44.7 Å². The van der Waals surface area contributed by atoms with Crippen molar-refractivity contribution in [3.63, 3.8) is 0 Å². The molecule has 0 aromatic rings. The zero-order valence-electron chi connectivity index (χ0n) is 14.3. The fraction of sp³-hybridized carbons (Fsp3) is 1.00. The van der Waals surface area contributed by atoms with Gasteiger partial charge in [-0.3, -0.25) is 0 Å². The Morgan fingerprint density at radius 1 is 1.15 bits per heavy atom. The lowest BCUT2D eigenvalue weighted by Crippen LogP contribution is -2.50. The maximum Gasteiger partial charge on any atom is 0.0817 e. The lowest BCUT2D eigenvalue weighted by molar-refractivity contribution is -0.0796. The van der Waals surface area contributed by atoms with Crippen LogP contribution in [0.1, 0.15) is 47.5 Å². The summed E-state index contributed by atoms with van der Waals surface area (Å²) < 4.78 is 5.33. The third-order valence-electron chi connectivity index (χ3n) is 3.78. The third-order valence-corrected chi connectivity index (χ3v) is 3.78. The Bertz CT molecular complexity index is 291. The number of rotatable bonds is 6. The van der Waals surface area contributed by atoms with Crippen molar-refractivity contribution >= 4 is 0 Å². The van der Waals surface area contributed by atoms with Crippen molar-refractivity contribution in [2.45, 2.75) is 58.6 Å². The summed E-state index contributed by atoms with van der Waals surface area (Å²) in [5, 5.41) is 14.1. The lowest BCUT2D eigenvalue weighted by atomic mass is 9.89. The van der Waals surface area contributed by atoms with Crippen LogP contribution in [0.4, 0.5) is 0 Å². The number of ether oxygens (including phenoxy) is 1. The van der Waals surface area contributed by atoms with Crippen LogP contribution >= 0.6 is 0 Å². The molecule has 20 heavy (non-hydrogen) atoms. The summed E-state index contributed by atoms with van der Waals surface area (Å²) >= 11 is 0. The van der Waals surface area contributed by atoms with Crippen LogP contribution in [0, 0.1) is 5.41 Å². The first-order valence-corrected chi connectivity index (χ1v) is 7.75. The minimum atomic E-state index is -0.569. The van der Waals surface area contributed by atoms with Gasteiger partial charge >= 0.3 is 0 Å². The van der Waals surface area contributed by atoms with Gasteiger partial charge in [-0.25, -0.2) is 0 Å². The van der Waals surface area contributed by atoms with Crippen LogP contribution in [-0.4, -0.2) is 61.0 Å². The lowest BCUT2D eigenvalue weighted by Gasteiger charge is -2.39. The molecule has 1 aliphatic rings. The van der Waals surface area contributed by atoms with E-state index < -0.39 is 5.60 Å². The van der Waals surface area contributed by atoms with Crippen LogP contribution in [0.5, 0.6) is 0 Å². The zero-order chi connectivity index (χ0) is 15.4. The molecule has 0 atom stereocenters. The molecule has 0 aliphatic carbocycles. The zero-order valence-corrected chi connectivity index (χ0v) is 14.3. The van der Waals surface area contributed by atoms with Gasteiger partial charge in [-0.1, -0.05) is 13.8 Å². The standard InChI is InChI=1S/C16H34N2O2/c1-14(2,3)17-11-15(4,5)12-18(6)13-16(19)7-9-20-10-8-16/h17,19H,7-13H2,1-6H3.